The molecule has 3 aromatic rings. The molecular weight excluding hydrogens is 376 g/mol. The van der Waals surface area contributed by atoms with Crippen LogP contribution >= 0.6 is 0 Å². The Bertz CT molecular complexity index is 1040. The zero-order chi connectivity index (χ0) is 19.8. The van der Waals surface area contributed by atoms with Crippen LogP contribution in [0.2, 0.25) is 0 Å². The van der Waals surface area contributed by atoms with Gasteiger partial charge in [0, 0.05) is 42.3 Å². The van der Waals surface area contributed by atoms with Gasteiger partial charge in [-0.05, 0) is 71.6 Å². The minimum atomic E-state index is -0.932. The first-order valence-electron chi connectivity index (χ1n) is 10.6. The highest BCUT2D eigenvalue weighted by Gasteiger charge is 2.25. The van der Waals surface area contributed by atoms with Gasteiger partial charge in [0.05, 0.1) is 0 Å². The molecule has 150 valence electrons. The van der Waals surface area contributed by atoms with Gasteiger partial charge >= 0.3 is 0 Å². The quantitative estimate of drug-likeness (QED) is 0.635. The van der Waals surface area contributed by atoms with E-state index in [4.69, 9.17) is 0 Å². The average Bonchev–Trinajstić information content (AvgIpc) is 3.12. The molecule has 2 unspecified atom stereocenters. The lowest BCUT2D eigenvalue weighted by molar-refractivity contribution is 0.238. The van der Waals surface area contributed by atoms with Crippen molar-refractivity contribution in [1.29, 1.82) is 0 Å². The third kappa shape index (κ3) is 3.89. The standard InChI is InChI=1S/C25H28N2OS/c1-29(28)21-8-10-25-23(16-21)22-15-18(7-9-24(22)26-25)17-27-13-11-20(12-14-27)19-5-3-2-4-6-19/h2-6,8,10-11,16,18,26H,7,9,12-15,17H2,1H3. The molecule has 0 fully saturated rings. The van der Waals surface area contributed by atoms with Gasteiger partial charge in [-0.25, -0.2) is 0 Å². The molecule has 1 aliphatic carbocycles. The molecule has 0 saturated carbocycles. The lowest BCUT2D eigenvalue weighted by Gasteiger charge is -2.32. The van der Waals surface area contributed by atoms with E-state index in [1.165, 1.54) is 46.3 Å². The summed E-state index contributed by atoms with van der Waals surface area (Å²) < 4.78 is 11.9. The van der Waals surface area contributed by atoms with Crippen molar-refractivity contribution in [3.05, 3.63) is 71.4 Å². The van der Waals surface area contributed by atoms with Crippen molar-refractivity contribution in [2.24, 2.45) is 5.92 Å². The number of aromatic nitrogens is 1. The summed E-state index contributed by atoms with van der Waals surface area (Å²) in [5.41, 5.74) is 6.90. The summed E-state index contributed by atoms with van der Waals surface area (Å²) >= 11 is -0.932. The summed E-state index contributed by atoms with van der Waals surface area (Å²) in [4.78, 5) is 7.15. The summed E-state index contributed by atoms with van der Waals surface area (Å²) in [6.45, 7) is 3.38. The zero-order valence-corrected chi connectivity index (χ0v) is 17.8. The summed E-state index contributed by atoms with van der Waals surface area (Å²) in [6.07, 6.45) is 8.82. The second-order valence-electron chi connectivity index (χ2n) is 8.46. The van der Waals surface area contributed by atoms with Gasteiger partial charge in [-0.2, -0.15) is 0 Å². The molecule has 2 aromatic carbocycles. The summed E-state index contributed by atoms with van der Waals surface area (Å²) in [7, 11) is 0. The Hall–Kier alpha value is -2.01. The summed E-state index contributed by atoms with van der Waals surface area (Å²) in [6, 6.07) is 17.0. The number of aryl methyl sites for hydroxylation is 1. The van der Waals surface area contributed by atoms with Crippen LogP contribution in [-0.2, 0) is 24.0 Å². The normalized spacial score (nSPS) is 21.0. The fourth-order valence-electron chi connectivity index (χ4n) is 4.96. The number of benzene rings is 2. The highest BCUT2D eigenvalue weighted by Crippen LogP contribution is 2.34. The number of H-pyrrole nitrogens is 1. The van der Waals surface area contributed by atoms with Crippen molar-refractivity contribution < 1.29 is 4.55 Å². The van der Waals surface area contributed by atoms with Gasteiger partial charge < -0.3 is 9.54 Å². The highest BCUT2D eigenvalue weighted by atomic mass is 32.2. The second kappa shape index (κ2) is 8.02. The van der Waals surface area contributed by atoms with Gasteiger partial charge in [0.2, 0.25) is 0 Å². The van der Waals surface area contributed by atoms with E-state index in [9.17, 15) is 4.55 Å². The van der Waals surface area contributed by atoms with E-state index in [0.29, 0.717) is 5.92 Å². The van der Waals surface area contributed by atoms with Crippen molar-refractivity contribution in [1.82, 2.24) is 9.88 Å². The zero-order valence-electron chi connectivity index (χ0n) is 17.0. The monoisotopic (exact) mass is 404 g/mol. The number of aromatic amines is 1. The average molecular weight is 405 g/mol. The molecule has 2 heterocycles. The van der Waals surface area contributed by atoms with E-state index in [1.54, 1.807) is 6.26 Å². The molecule has 5 rings (SSSR count). The van der Waals surface area contributed by atoms with E-state index in [1.807, 2.05) is 6.07 Å². The van der Waals surface area contributed by atoms with Gasteiger partial charge in [0.1, 0.15) is 6.26 Å². The minimum absolute atomic E-state index is 0.698. The number of rotatable bonds is 4. The van der Waals surface area contributed by atoms with Crippen LogP contribution in [0.3, 0.4) is 0 Å². The Morgan fingerprint density at radius 3 is 2.76 bits per heavy atom. The fourth-order valence-corrected chi connectivity index (χ4v) is 5.50. The van der Waals surface area contributed by atoms with Gasteiger partial charge in [-0.15, -0.1) is 0 Å². The van der Waals surface area contributed by atoms with Crippen LogP contribution in [0.25, 0.3) is 16.5 Å². The fraction of sp³-hybridized carbons (Fsp3) is 0.360. The van der Waals surface area contributed by atoms with Crippen molar-refractivity contribution in [2.75, 3.05) is 25.9 Å². The Kier molecular flexibility index (Phi) is 5.25. The topological polar surface area (TPSA) is 42.1 Å². The number of fused-ring (bicyclic) bond motifs is 3. The molecule has 0 saturated heterocycles. The highest BCUT2D eigenvalue weighted by molar-refractivity contribution is 7.90. The van der Waals surface area contributed by atoms with Crippen molar-refractivity contribution in [2.45, 2.75) is 30.6 Å². The lowest BCUT2D eigenvalue weighted by atomic mass is 9.85. The number of hydrogen-bond acceptors (Lipinski definition) is 2. The maximum absolute atomic E-state index is 11.9. The van der Waals surface area contributed by atoms with Gasteiger partial charge in [-0.3, -0.25) is 4.90 Å². The summed E-state index contributed by atoms with van der Waals surface area (Å²) in [5, 5.41) is 1.28. The van der Waals surface area contributed by atoms with Crippen LogP contribution in [0, 0.1) is 5.92 Å². The molecule has 2 aliphatic rings. The Morgan fingerprint density at radius 2 is 2.00 bits per heavy atom. The molecule has 0 radical (unpaired) electrons. The predicted molar refractivity (Wildman–Crippen MR) is 122 cm³/mol. The molecule has 3 nitrogen and oxygen atoms in total. The Morgan fingerprint density at radius 1 is 1.14 bits per heavy atom. The van der Waals surface area contributed by atoms with Gasteiger partial charge in [0.15, 0.2) is 4.90 Å². The number of hydrogen-bond donors (Lipinski definition) is 1. The third-order valence-electron chi connectivity index (χ3n) is 6.55. The Balaban J connectivity index is 1.28. The molecule has 1 N–H and O–H groups in total. The Labute approximate surface area is 176 Å². The van der Waals surface area contributed by atoms with Gasteiger partial charge in [-0.1, -0.05) is 36.4 Å². The molecule has 1 aromatic heterocycles. The van der Waals surface area contributed by atoms with Crippen LogP contribution in [0.15, 0.2) is 59.5 Å². The van der Waals surface area contributed by atoms with E-state index in [-0.39, 0.29) is 0 Å². The first-order valence-corrected chi connectivity index (χ1v) is 12.2. The van der Waals surface area contributed by atoms with Gasteiger partial charge in [0.25, 0.3) is 0 Å². The first kappa shape index (κ1) is 19.0. The largest absolute Gasteiger partial charge is 0.612 e. The van der Waals surface area contributed by atoms with Crippen LogP contribution in [0.5, 0.6) is 0 Å². The lowest BCUT2D eigenvalue weighted by Crippen LogP contribution is -2.35. The molecule has 2 atom stereocenters. The van der Waals surface area contributed by atoms with Crippen LogP contribution in [0.1, 0.15) is 29.7 Å². The van der Waals surface area contributed by atoms with E-state index in [2.05, 4.69) is 58.4 Å². The van der Waals surface area contributed by atoms with Crippen molar-refractivity contribution in [3.8, 4) is 0 Å². The smallest absolute Gasteiger partial charge is 0.153 e. The van der Waals surface area contributed by atoms with Crippen molar-refractivity contribution >= 4 is 27.7 Å². The van der Waals surface area contributed by atoms with Crippen LogP contribution in [0.4, 0.5) is 0 Å². The van der Waals surface area contributed by atoms with Crippen molar-refractivity contribution in [3.63, 3.8) is 0 Å². The van der Waals surface area contributed by atoms with Crippen LogP contribution < -0.4 is 0 Å². The molecule has 1 aliphatic heterocycles. The second-order valence-corrected chi connectivity index (χ2v) is 9.84. The van der Waals surface area contributed by atoms with E-state index in [0.717, 1.165) is 37.2 Å². The molecule has 4 heteroatoms. The predicted octanol–water partition coefficient (Wildman–Crippen LogP) is 4.80. The molecule has 0 amide bonds. The van der Waals surface area contributed by atoms with E-state index < -0.39 is 11.2 Å². The van der Waals surface area contributed by atoms with E-state index >= 15 is 0 Å². The molecule has 0 spiro atoms. The third-order valence-corrected chi connectivity index (χ3v) is 7.47. The maximum atomic E-state index is 11.9. The maximum Gasteiger partial charge on any atom is 0.153 e. The molecule has 29 heavy (non-hydrogen) atoms. The first-order chi connectivity index (χ1) is 14.2. The van der Waals surface area contributed by atoms with Crippen LogP contribution in [-0.4, -0.2) is 40.3 Å². The molecule has 0 bridgehead atoms. The minimum Gasteiger partial charge on any atom is -0.612 e. The summed E-state index contributed by atoms with van der Waals surface area (Å²) in [5.74, 6) is 0.698. The SMILES string of the molecule is C[S+]([O-])c1ccc2[nH]c3c(c2c1)CC(CN1CC=C(c2ccccc2)CC1)CC3. The number of nitrogens with zero attached hydrogens (tertiary/aromatic N) is 1. The number of nitrogens with one attached hydrogen (secondary N) is 1. The molecular formula is C25H28N2OS.